The average molecular weight is 289 g/mol. The quantitative estimate of drug-likeness (QED) is 0.789. The minimum absolute atomic E-state index is 0.00320. The van der Waals surface area contributed by atoms with Crippen LogP contribution < -0.4 is 5.56 Å². The second-order valence-electron chi connectivity index (χ2n) is 7.38. The molecule has 0 bridgehead atoms. The monoisotopic (exact) mass is 289 g/mol. The smallest absolute Gasteiger partial charge is 0.254 e. The lowest BCUT2D eigenvalue weighted by Gasteiger charge is -2.25. The summed E-state index contributed by atoms with van der Waals surface area (Å²) in [6, 6.07) is 0. The predicted molar refractivity (Wildman–Crippen MR) is 80.2 cm³/mol. The molecule has 21 heavy (non-hydrogen) atoms. The highest BCUT2D eigenvalue weighted by molar-refractivity contribution is 5.82. The summed E-state index contributed by atoms with van der Waals surface area (Å²) in [5, 5.41) is 0. The largest absolute Gasteiger partial charge is 0.341 e. The zero-order valence-electron chi connectivity index (χ0n) is 13.2. The van der Waals surface area contributed by atoms with Crippen molar-refractivity contribution in [3.63, 3.8) is 0 Å². The summed E-state index contributed by atoms with van der Waals surface area (Å²) in [5.41, 5.74) is 1.40. The number of hydrogen-bond acceptors (Lipinski definition) is 3. The molecule has 1 aliphatic heterocycles. The van der Waals surface area contributed by atoms with Gasteiger partial charge in [-0.05, 0) is 25.7 Å². The van der Waals surface area contributed by atoms with E-state index in [-0.39, 0.29) is 22.8 Å². The Balaban J connectivity index is 1.93. The van der Waals surface area contributed by atoms with Crippen LogP contribution in [0.25, 0.3) is 0 Å². The summed E-state index contributed by atoms with van der Waals surface area (Å²) in [6.45, 7) is 9.19. The van der Waals surface area contributed by atoms with Gasteiger partial charge in [0.25, 0.3) is 5.56 Å². The first-order valence-corrected chi connectivity index (χ1v) is 7.66. The number of aryl methyl sites for hydroxylation is 1. The Morgan fingerprint density at radius 2 is 2.05 bits per heavy atom. The van der Waals surface area contributed by atoms with Crippen LogP contribution in [0.1, 0.15) is 50.2 Å². The fourth-order valence-corrected chi connectivity index (χ4v) is 3.62. The third kappa shape index (κ3) is 2.39. The van der Waals surface area contributed by atoms with E-state index in [4.69, 9.17) is 0 Å². The van der Waals surface area contributed by atoms with Crippen LogP contribution in [0.4, 0.5) is 0 Å². The van der Waals surface area contributed by atoms with Crippen LogP contribution in [0.15, 0.2) is 4.79 Å². The molecular weight excluding hydrogens is 266 g/mol. The molecule has 5 heteroatoms. The Bertz CT molecular complexity index is 642. The Labute approximate surface area is 124 Å². The number of hydrogen-bond donors (Lipinski definition) is 1. The molecule has 2 heterocycles. The highest BCUT2D eigenvalue weighted by Gasteiger charge is 2.43. The lowest BCUT2D eigenvalue weighted by molar-refractivity contribution is -0.138. The van der Waals surface area contributed by atoms with Gasteiger partial charge in [-0.2, -0.15) is 0 Å². The summed E-state index contributed by atoms with van der Waals surface area (Å²) >= 11 is 0. The molecule has 0 aromatic carbocycles. The van der Waals surface area contributed by atoms with Crippen molar-refractivity contribution in [2.45, 2.75) is 46.5 Å². The van der Waals surface area contributed by atoms with Gasteiger partial charge in [-0.15, -0.1) is 0 Å². The number of H-pyrrole nitrogens is 1. The number of carbonyl (C=O) groups excluding carboxylic acids is 1. The molecule has 1 aromatic heterocycles. The number of amides is 1. The molecule has 1 N–H and O–H groups in total. The number of rotatable bonds is 0. The van der Waals surface area contributed by atoms with Crippen molar-refractivity contribution in [3.8, 4) is 0 Å². The molecule has 5 nitrogen and oxygen atoms in total. The van der Waals surface area contributed by atoms with E-state index < -0.39 is 0 Å². The SMILES string of the molecule is Cc1nc2c(c(=O)[nH]1)CC[C@@H]1CN(C(=O)C(C)(C)C)C[C@H]21. The predicted octanol–water partition coefficient (Wildman–Crippen LogP) is 1.61. The third-order valence-corrected chi connectivity index (χ3v) is 4.65. The lowest BCUT2D eigenvalue weighted by atomic mass is 9.80. The third-order valence-electron chi connectivity index (χ3n) is 4.65. The molecule has 1 fully saturated rings. The van der Waals surface area contributed by atoms with E-state index in [0.717, 1.165) is 30.6 Å². The van der Waals surface area contributed by atoms with E-state index in [1.54, 1.807) is 0 Å². The van der Waals surface area contributed by atoms with Crippen LogP contribution in [-0.2, 0) is 11.2 Å². The molecule has 3 rings (SSSR count). The van der Waals surface area contributed by atoms with Crippen LogP contribution in [0, 0.1) is 18.3 Å². The van der Waals surface area contributed by atoms with Gasteiger partial charge >= 0.3 is 0 Å². The number of aromatic nitrogens is 2. The van der Waals surface area contributed by atoms with Crippen molar-refractivity contribution in [3.05, 3.63) is 27.4 Å². The van der Waals surface area contributed by atoms with Crippen molar-refractivity contribution in [2.75, 3.05) is 13.1 Å². The summed E-state index contributed by atoms with van der Waals surface area (Å²) in [6.07, 6.45) is 1.75. The Kier molecular flexibility index (Phi) is 3.19. The van der Waals surface area contributed by atoms with E-state index in [2.05, 4.69) is 9.97 Å². The summed E-state index contributed by atoms with van der Waals surface area (Å²) in [7, 11) is 0. The fraction of sp³-hybridized carbons (Fsp3) is 0.688. The van der Waals surface area contributed by atoms with Crippen molar-refractivity contribution in [1.29, 1.82) is 0 Å². The average Bonchev–Trinajstić information content (AvgIpc) is 2.80. The van der Waals surface area contributed by atoms with Gasteiger partial charge in [0.2, 0.25) is 5.91 Å². The fourth-order valence-electron chi connectivity index (χ4n) is 3.62. The number of nitrogens with zero attached hydrogens (tertiary/aromatic N) is 2. The maximum absolute atomic E-state index is 12.5. The number of carbonyl (C=O) groups is 1. The van der Waals surface area contributed by atoms with Gasteiger partial charge in [-0.25, -0.2) is 4.98 Å². The van der Waals surface area contributed by atoms with Crippen LogP contribution in [0.3, 0.4) is 0 Å². The van der Waals surface area contributed by atoms with E-state index in [1.807, 2.05) is 32.6 Å². The molecule has 0 radical (unpaired) electrons. The standard InChI is InChI=1S/C16H23N3O2/c1-9-17-13-11(14(20)18-9)6-5-10-7-19(8-12(10)13)15(21)16(2,3)4/h10,12H,5-8H2,1-4H3,(H,17,18,20)/t10-,12+/m1/s1. The highest BCUT2D eigenvalue weighted by atomic mass is 16.2. The molecular formula is C16H23N3O2. The van der Waals surface area contributed by atoms with Crippen molar-refractivity contribution in [1.82, 2.24) is 14.9 Å². The topological polar surface area (TPSA) is 66.1 Å². The van der Waals surface area contributed by atoms with Gasteiger partial charge in [0.05, 0.1) is 5.69 Å². The van der Waals surface area contributed by atoms with Crippen molar-refractivity contribution >= 4 is 5.91 Å². The first-order valence-electron chi connectivity index (χ1n) is 7.66. The van der Waals surface area contributed by atoms with E-state index in [0.29, 0.717) is 18.3 Å². The molecule has 114 valence electrons. The van der Waals surface area contributed by atoms with Gasteiger partial charge in [0.15, 0.2) is 0 Å². The zero-order chi connectivity index (χ0) is 15.4. The second-order valence-corrected chi connectivity index (χ2v) is 7.38. The van der Waals surface area contributed by atoms with Gasteiger partial charge in [-0.1, -0.05) is 20.8 Å². The Morgan fingerprint density at radius 3 is 2.71 bits per heavy atom. The molecule has 0 spiro atoms. The number of nitrogens with one attached hydrogen (secondary N) is 1. The maximum Gasteiger partial charge on any atom is 0.254 e. The molecule has 2 atom stereocenters. The zero-order valence-corrected chi connectivity index (χ0v) is 13.2. The van der Waals surface area contributed by atoms with E-state index >= 15 is 0 Å². The number of aromatic amines is 1. The number of likely N-dealkylation sites (tertiary alicyclic amines) is 1. The molecule has 2 aliphatic rings. The number of fused-ring (bicyclic) bond motifs is 3. The van der Waals surface area contributed by atoms with Gasteiger partial charge in [-0.3, -0.25) is 9.59 Å². The normalized spacial score (nSPS) is 24.7. The lowest BCUT2D eigenvalue weighted by Crippen LogP contribution is -2.38. The van der Waals surface area contributed by atoms with Crippen LogP contribution >= 0.6 is 0 Å². The van der Waals surface area contributed by atoms with Gasteiger partial charge in [0.1, 0.15) is 5.82 Å². The first-order chi connectivity index (χ1) is 9.77. The van der Waals surface area contributed by atoms with Gasteiger partial charge < -0.3 is 9.88 Å². The first kappa shape index (κ1) is 14.3. The Hall–Kier alpha value is -1.65. The molecule has 1 saturated heterocycles. The van der Waals surface area contributed by atoms with E-state index in [9.17, 15) is 9.59 Å². The van der Waals surface area contributed by atoms with Crippen LogP contribution in [0.5, 0.6) is 0 Å². The highest BCUT2D eigenvalue weighted by Crippen LogP contribution is 2.40. The van der Waals surface area contributed by atoms with Crippen molar-refractivity contribution in [2.24, 2.45) is 11.3 Å². The van der Waals surface area contributed by atoms with E-state index in [1.165, 1.54) is 0 Å². The van der Waals surface area contributed by atoms with Crippen LogP contribution in [-0.4, -0.2) is 33.9 Å². The molecule has 0 saturated carbocycles. The maximum atomic E-state index is 12.5. The molecule has 1 aliphatic carbocycles. The molecule has 1 aromatic rings. The minimum Gasteiger partial charge on any atom is -0.341 e. The summed E-state index contributed by atoms with van der Waals surface area (Å²) < 4.78 is 0. The summed E-state index contributed by atoms with van der Waals surface area (Å²) in [5.74, 6) is 1.53. The Morgan fingerprint density at radius 1 is 1.33 bits per heavy atom. The van der Waals surface area contributed by atoms with Crippen LogP contribution in [0.2, 0.25) is 0 Å². The second kappa shape index (κ2) is 4.68. The summed E-state index contributed by atoms with van der Waals surface area (Å²) in [4.78, 5) is 33.9. The molecule has 0 unspecified atom stereocenters. The van der Waals surface area contributed by atoms with Crippen molar-refractivity contribution < 1.29 is 4.79 Å². The molecule has 1 amide bonds. The van der Waals surface area contributed by atoms with Gasteiger partial charge in [0, 0.05) is 30.0 Å². The minimum atomic E-state index is -0.353.